The Labute approximate surface area is 82.6 Å². The summed E-state index contributed by atoms with van der Waals surface area (Å²) in [5, 5.41) is 22.2. The Balaban J connectivity index is 2.30. The van der Waals surface area contributed by atoms with E-state index >= 15 is 0 Å². The Hall–Kier alpha value is -0.970. The third-order valence-corrected chi connectivity index (χ3v) is 2.58. The molecule has 1 aliphatic rings. The van der Waals surface area contributed by atoms with Crippen LogP contribution in [0.2, 0.25) is 0 Å². The molecule has 2 rings (SSSR count). The van der Waals surface area contributed by atoms with Crippen LogP contribution in [0.25, 0.3) is 0 Å². The lowest BCUT2D eigenvalue weighted by Gasteiger charge is -2.20. The van der Waals surface area contributed by atoms with Gasteiger partial charge < -0.3 is 15.5 Å². The summed E-state index contributed by atoms with van der Waals surface area (Å²) in [6.07, 6.45) is 0.675. The van der Waals surface area contributed by atoms with Crippen LogP contribution >= 0.6 is 0 Å². The Bertz CT molecular complexity index is 322. The number of nitrogens with zero attached hydrogens (tertiary/aromatic N) is 1. The Morgan fingerprint density at radius 1 is 1.50 bits per heavy atom. The highest BCUT2D eigenvalue weighted by molar-refractivity contribution is 5.18. The number of nitrogens with one attached hydrogen (secondary N) is 1. The molecule has 0 bridgehead atoms. The molecule has 0 amide bonds. The van der Waals surface area contributed by atoms with E-state index in [-0.39, 0.29) is 6.61 Å². The van der Waals surface area contributed by atoms with Gasteiger partial charge in [0.2, 0.25) is 0 Å². The maximum atomic E-state index is 10.2. The fourth-order valence-corrected chi connectivity index (χ4v) is 1.72. The van der Waals surface area contributed by atoms with Crippen molar-refractivity contribution in [1.82, 2.24) is 10.3 Å². The number of aliphatic hydroxyl groups excluding tert-OH is 1. The number of aromatic nitrogens is 1. The standard InChI is InChI=1S/C10H14N2O2/c13-6-8-2-1-3-9(12-8)10(14)4-5-11-7-10/h1-3,11,13-14H,4-7H2. The van der Waals surface area contributed by atoms with Crippen molar-refractivity contribution >= 4 is 0 Å². The third kappa shape index (κ3) is 1.64. The van der Waals surface area contributed by atoms with Gasteiger partial charge in [-0.2, -0.15) is 0 Å². The van der Waals surface area contributed by atoms with E-state index in [0.717, 1.165) is 6.54 Å². The van der Waals surface area contributed by atoms with E-state index in [4.69, 9.17) is 5.11 Å². The lowest BCUT2D eigenvalue weighted by Crippen LogP contribution is -2.29. The van der Waals surface area contributed by atoms with Gasteiger partial charge in [-0.25, -0.2) is 0 Å². The molecule has 4 heteroatoms. The van der Waals surface area contributed by atoms with Crippen LogP contribution in [0, 0.1) is 0 Å². The molecule has 1 unspecified atom stereocenters. The second-order valence-electron chi connectivity index (χ2n) is 3.63. The summed E-state index contributed by atoms with van der Waals surface area (Å²) in [7, 11) is 0. The van der Waals surface area contributed by atoms with Gasteiger partial charge in [-0.1, -0.05) is 6.07 Å². The third-order valence-electron chi connectivity index (χ3n) is 2.58. The Kier molecular flexibility index (Phi) is 2.50. The minimum atomic E-state index is -0.856. The lowest BCUT2D eigenvalue weighted by molar-refractivity contribution is 0.0537. The van der Waals surface area contributed by atoms with Crippen molar-refractivity contribution in [2.75, 3.05) is 13.1 Å². The highest BCUT2D eigenvalue weighted by Crippen LogP contribution is 2.25. The highest BCUT2D eigenvalue weighted by Gasteiger charge is 2.34. The van der Waals surface area contributed by atoms with Gasteiger partial charge in [0.25, 0.3) is 0 Å². The first-order valence-corrected chi connectivity index (χ1v) is 4.75. The molecule has 2 heterocycles. The molecule has 0 aliphatic carbocycles. The summed E-state index contributed by atoms with van der Waals surface area (Å²) in [6.45, 7) is 1.26. The van der Waals surface area contributed by atoms with Crippen LogP contribution in [-0.4, -0.2) is 28.3 Å². The van der Waals surface area contributed by atoms with Gasteiger partial charge in [0.15, 0.2) is 0 Å². The van der Waals surface area contributed by atoms with Gasteiger partial charge in [-0.15, -0.1) is 0 Å². The molecule has 0 spiro atoms. The highest BCUT2D eigenvalue weighted by atomic mass is 16.3. The summed E-state index contributed by atoms with van der Waals surface area (Å²) in [6, 6.07) is 5.35. The van der Waals surface area contributed by atoms with Crippen LogP contribution in [0.5, 0.6) is 0 Å². The predicted octanol–water partition coefficient (Wildman–Crippen LogP) is -0.245. The van der Waals surface area contributed by atoms with Crippen LogP contribution < -0.4 is 5.32 Å². The molecule has 14 heavy (non-hydrogen) atoms. The molecule has 3 N–H and O–H groups in total. The molecule has 76 valence electrons. The largest absolute Gasteiger partial charge is 0.390 e. The van der Waals surface area contributed by atoms with Crippen molar-refractivity contribution in [3.05, 3.63) is 29.6 Å². The zero-order valence-electron chi connectivity index (χ0n) is 7.90. The van der Waals surface area contributed by atoms with E-state index in [1.54, 1.807) is 12.1 Å². The SMILES string of the molecule is OCc1cccc(C2(O)CCNC2)n1. The van der Waals surface area contributed by atoms with E-state index in [1.165, 1.54) is 0 Å². The number of hydrogen-bond donors (Lipinski definition) is 3. The van der Waals surface area contributed by atoms with Gasteiger partial charge >= 0.3 is 0 Å². The van der Waals surface area contributed by atoms with Crippen LogP contribution in [0.3, 0.4) is 0 Å². The molecule has 1 aromatic heterocycles. The fraction of sp³-hybridized carbons (Fsp3) is 0.500. The number of rotatable bonds is 2. The summed E-state index contributed by atoms with van der Waals surface area (Å²) in [4.78, 5) is 4.20. The predicted molar refractivity (Wildman–Crippen MR) is 51.5 cm³/mol. The average molecular weight is 194 g/mol. The first-order chi connectivity index (χ1) is 6.74. The van der Waals surface area contributed by atoms with E-state index < -0.39 is 5.60 Å². The summed E-state index contributed by atoms with van der Waals surface area (Å²) in [5.74, 6) is 0. The van der Waals surface area contributed by atoms with E-state index in [9.17, 15) is 5.11 Å². The van der Waals surface area contributed by atoms with Crippen molar-refractivity contribution in [1.29, 1.82) is 0 Å². The maximum absolute atomic E-state index is 10.2. The first-order valence-electron chi connectivity index (χ1n) is 4.75. The number of aliphatic hydroxyl groups is 2. The quantitative estimate of drug-likeness (QED) is 0.607. The molecule has 1 saturated heterocycles. The fourth-order valence-electron chi connectivity index (χ4n) is 1.72. The Morgan fingerprint density at radius 3 is 3.00 bits per heavy atom. The van der Waals surface area contributed by atoms with Crippen molar-refractivity contribution in [3.63, 3.8) is 0 Å². The molecule has 1 fully saturated rings. The van der Waals surface area contributed by atoms with Crippen LogP contribution in [-0.2, 0) is 12.2 Å². The molecule has 1 aliphatic heterocycles. The second-order valence-corrected chi connectivity index (χ2v) is 3.63. The molecule has 1 aromatic rings. The molecule has 0 aromatic carbocycles. The van der Waals surface area contributed by atoms with Gasteiger partial charge in [0.05, 0.1) is 18.0 Å². The van der Waals surface area contributed by atoms with Gasteiger partial charge in [-0.3, -0.25) is 4.98 Å². The first kappa shape index (κ1) is 9.58. The normalized spacial score (nSPS) is 26.7. The minimum Gasteiger partial charge on any atom is -0.390 e. The molecule has 4 nitrogen and oxygen atoms in total. The van der Waals surface area contributed by atoms with Crippen molar-refractivity contribution in [3.8, 4) is 0 Å². The molecular weight excluding hydrogens is 180 g/mol. The topological polar surface area (TPSA) is 65.4 Å². The van der Waals surface area contributed by atoms with E-state index in [2.05, 4.69) is 10.3 Å². The lowest BCUT2D eigenvalue weighted by atomic mass is 9.98. The van der Waals surface area contributed by atoms with Crippen molar-refractivity contribution in [2.45, 2.75) is 18.6 Å². The average Bonchev–Trinajstić information content (AvgIpc) is 2.67. The smallest absolute Gasteiger partial charge is 0.120 e. The van der Waals surface area contributed by atoms with Crippen molar-refractivity contribution < 1.29 is 10.2 Å². The molecule has 1 atom stereocenters. The van der Waals surface area contributed by atoms with E-state index in [0.29, 0.717) is 24.4 Å². The van der Waals surface area contributed by atoms with Gasteiger partial charge in [0.1, 0.15) is 5.60 Å². The van der Waals surface area contributed by atoms with Gasteiger partial charge in [0, 0.05) is 6.54 Å². The zero-order chi connectivity index (χ0) is 10.0. The maximum Gasteiger partial charge on any atom is 0.120 e. The summed E-state index contributed by atoms with van der Waals surface area (Å²) < 4.78 is 0. The second kappa shape index (κ2) is 3.65. The number of pyridine rings is 1. The van der Waals surface area contributed by atoms with E-state index in [1.807, 2.05) is 6.07 Å². The van der Waals surface area contributed by atoms with Gasteiger partial charge in [-0.05, 0) is 25.1 Å². The molecular formula is C10H14N2O2. The Morgan fingerprint density at radius 2 is 2.36 bits per heavy atom. The summed E-state index contributed by atoms with van der Waals surface area (Å²) in [5.41, 5.74) is 0.391. The van der Waals surface area contributed by atoms with Crippen LogP contribution in [0.1, 0.15) is 17.8 Å². The summed E-state index contributed by atoms with van der Waals surface area (Å²) >= 11 is 0. The zero-order valence-corrected chi connectivity index (χ0v) is 7.90. The molecule has 0 radical (unpaired) electrons. The molecule has 0 saturated carbocycles. The number of hydrogen-bond acceptors (Lipinski definition) is 4. The monoisotopic (exact) mass is 194 g/mol. The number of β-amino-alcohol motifs (C(OH)–C–C–N with tert-alkyl or cyclic N) is 1. The minimum absolute atomic E-state index is 0.0860. The van der Waals surface area contributed by atoms with Crippen molar-refractivity contribution in [2.24, 2.45) is 0 Å². The van der Waals surface area contributed by atoms with Crippen LogP contribution in [0.15, 0.2) is 18.2 Å². The van der Waals surface area contributed by atoms with Crippen LogP contribution in [0.4, 0.5) is 0 Å².